The van der Waals surface area contributed by atoms with Crippen LogP contribution < -0.4 is 16.4 Å². The molecule has 114 valence electrons. The van der Waals surface area contributed by atoms with Gasteiger partial charge in [-0.3, -0.25) is 14.4 Å². The Morgan fingerprint density at radius 3 is 2.81 bits per heavy atom. The summed E-state index contributed by atoms with van der Waals surface area (Å²) in [5.41, 5.74) is 6.11. The van der Waals surface area contributed by atoms with E-state index in [0.717, 1.165) is 12.2 Å². The van der Waals surface area contributed by atoms with E-state index in [0.29, 0.717) is 25.7 Å². The Morgan fingerprint density at radius 2 is 2.24 bits per heavy atom. The van der Waals surface area contributed by atoms with E-state index in [1.165, 1.54) is 0 Å². The van der Waals surface area contributed by atoms with Crippen molar-refractivity contribution >= 4 is 11.9 Å². The molecule has 21 heavy (non-hydrogen) atoms. The zero-order chi connectivity index (χ0) is 15.2. The molecule has 0 bridgehead atoms. The van der Waals surface area contributed by atoms with E-state index in [-0.39, 0.29) is 11.7 Å². The molecule has 3 heterocycles. The van der Waals surface area contributed by atoms with Crippen molar-refractivity contribution in [2.24, 2.45) is 5.73 Å². The Morgan fingerprint density at radius 1 is 1.48 bits per heavy atom. The molecule has 1 spiro atoms. The predicted molar refractivity (Wildman–Crippen MR) is 75.6 cm³/mol. The second kappa shape index (κ2) is 4.73. The molecule has 0 radical (unpaired) electrons. The third kappa shape index (κ3) is 2.46. The van der Waals surface area contributed by atoms with Crippen LogP contribution in [-0.2, 0) is 13.1 Å². The van der Waals surface area contributed by atoms with Crippen LogP contribution in [0.3, 0.4) is 0 Å². The zero-order valence-corrected chi connectivity index (χ0v) is 12.2. The normalized spacial score (nSPS) is 25.6. The average Bonchev–Trinajstić information content (AvgIpc) is 2.90. The fraction of sp³-hybridized carbons (Fsp3) is 0.615. The largest absolute Gasteiger partial charge is 0.364 e. The average molecular weight is 292 g/mol. The molecular weight excluding hydrogens is 272 g/mol. The van der Waals surface area contributed by atoms with Crippen molar-refractivity contribution in [1.82, 2.24) is 25.3 Å². The molecule has 8 nitrogen and oxygen atoms in total. The molecule has 3 rings (SSSR count). The molecule has 1 atom stereocenters. The molecule has 2 aliphatic heterocycles. The molecule has 1 aromatic rings. The van der Waals surface area contributed by atoms with Gasteiger partial charge in [-0.2, -0.15) is 5.10 Å². The summed E-state index contributed by atoms with van der Waals surface area (Å²) in [6.07, 6.45) is 0. The Hall–Kier alpha value is -2.09. The van der Waals surface area contributed by atoms with Gasteiger partial charge in [0.25, 0.3) is 5.91 Å². The van der Waals surface area contributed by atoms with E-state index >= 15 is 0 Å². The van der Waals surface area contributed by atoms with Crippen LogP contribution in [0.1, 0.15) is 30.0 Å². The molecule has 2 aliphatic rings. The maximum atomic E-state index is 11.6. The van der Waals surface area contributed by atoms with Gasteiger partial charge in [-0.15, -0.1) is 0 Å². The highest BCUT2D eigenvalue weighted by atomic mass is 16.2. The molecule has 3 amide bonds. The van der Waals surface area contributed by atoms with Gasteiger partial charge in [0.05, 0.1) is 17.8 Å². The summed E-state index contributed by atoms with van der Waals surface area (Å²) >= 11 is 0. The fourth-order valence-corrected chi connectivity index (χ4v) is 2.96. The minimum Gasteiger partial charge on any atom is -0.364 e. The Labute approximate surface area is 122 Å². The number of aromatic nitrogens is 2. The van der Waals surface area contributed by atoms with E-state index in [4.69, 9.17) is 5.73 Å². The number of carbonyl (C=O) groups is 2. The second-order valence-corrected chi connectivity index (χ2v) is 6.13. The third-order valence-corrected chi connectivity index (χ3v) is 4.14. The maximum Gasteiger partial charge on any atom is 0.315 e. The van der Waals surface area contributed by atoms with Gasteiger partial charge < -0.3 is 16.4 Å². The van der Waals surface area contributed by atoms with Gasteiger partial charge >= 0.3 is 6.03 Å². The first-order valence-corrected chi connectivity index (χ1v) is 7.05. The molecule has 8 heteroatoms. The van der Waals surface area contributed by atoms with Crippen molar-refractivity contribution in [1.29, 1.82) is 0 Å². The molecule has 0 aliphatic carbocycles. The molecule has 1 fully saturated rings. The van der Waals surface area contributed by atoms with E-state index in [1.807, 2.05) is 0 Å². The standard InChI is InChI=1S/C13H20N6O2/c1-8(2)18-4-9-3-10(11(14)20)17-19(9)7-13(6-18)5-15-12(21)16-13/h3,8H,4-7H2,1-2H3,(H2,14,20)(H2,15,16,21). The van der Waals surface area contributed by atoms with Crippen molar-refractivity contribution in [3.63, 3.8) is 0 Å². The lowest BCUT2D eigenvalue weighted by Crippen LogP contribution is -2.55. The summed E-state index contributed by atoms with van der Waals surface area (Å²) in [6, 6.07) is 1.89. The zero-order valence-electron chi connectivity index (χ0n) is 12.2. The van der Waals surface area contributed by atoms with Gasteiger partial charge in [0, 0.05) is 25.7 Å². The predicted octanol–water partition coefficient (Wildman–Crippen LogP) is -0.742. The number of fused-ring (bicyclic) bond motifs is 1. The summed E-state index contributed by atoms with van der Waals surface area (Å²) in [7, 11) is 0. The first-order valence-electron chi connectivity index (χ1n) is 7.05. The van der Waals surface area contributed by atoms with Gasteiger partial charge in [-0.25, -0.2) is 4.79 Å². The van der Waals surface area contributed by atoms with Crippen molar-refractivity contribution < 1.29 is 9.59 Å². The molecular formula is C13H20N6O2. The van der Waals surface area contributed by atoms with Crippen molar-refractivity contribution in [3.8, 4) is 0 Å². The summed E-state index contributed by atoms with van der Waals surface area (Å²) < 4.78 is 1.79. The highest BCUT2D eigenvalue weighted by Gasteiger charge is 2.42. The molecule has 1 unspecified atom stereocenters. The minimum absolute atomic E-state index is 0.163. The van der Waals surface area contributed by atoms with Gasteiger partial charge in [-0.1, -0.05) is 0 Å². The number of nitrogens with two attached hydrogens (primary N) is 1. The molecule has 1 saturated heterocycles. The summed E-state index contributed by atoms with van der Waals surface area (Å²) in [5.74, 6) is -0.533. The number of nitrogens with zero attached hydrogens (tertiary/aromatic N) is 3. The van der Waals surface area contributed by atoms with Crippen LogP contribution >= 0.6 is 0 Å². The lowest BCUT2D eigenvalue weighted by molar-refractivity contribution is 0.0993. The van der Waals surface area contributed by atoms with Gasteiger partial charge in [0.2, 0.25) is 0 Å². The molecule has 0 aromatic carbocycles. The van der Waals surface area contributed by atoms with Gasteiger partial charge in [0.15, 0.2) is 0 Å². The smallest absolute Gasteiger partial charge is 0.315 e. The van der Waals surface area contributed by atoms with Crippen LogP contribution in [0, 0.1) is 0 Å². The summed E-state index contributed by atoms with van der Waals surface area (Å²) in [6.45, 7) is 6.70. The van der Waals surface area contributed by atoms with Crippen LogP contribution in [-0.4, -0.2) is 51.3 Å². The first-order chi connectivity index (χ1) is 9.88. The van der Waals surface area contributed by atoms with Crippen molar-refractivity contribution in [2.75, 3.05) is 13.1 Å². The quantitative estimate of drug-likeness (QED) is 0.667. The number of nitrogens with one attached hydrogen (secondary N) is 2. The molecule has 4 N–H and O–H groups in total. The van der Waals surface area contributed by atoms with Crippen molar-refractivity contribution in [3.05, 3.63) is 17.5 Å². The molecule has 0 saturated carbocycles. The Bertz CT molecular complexity index is 595. The van der Waals surface area contributed by atoms with E-state index in [9.17, 15) is 9.59 Å². The topological polar surface area (TPSA) is 105 Å². The van der Waals surface area contributed by atoms with Gasteiger partial charge in [0.1, 0.15) is 5.69 Å². The number of carbonyl (C=O) groups excluding carboxylic acids is 2. The SMILES string of the molecule is CC(C)N1Cc2cc(C(N)=O)nn2CC2(CNC(=O)N2)C1. The first kappa shape index (κ1) is 13.9. The Kier molecular flexibility index (Phi) is 3.12. The highest BCUT2D eigenvalue weighted by molar-refractivity contribution is 5.90. The lowest BCUT2D eigenvalue weighted by Gasteiger charge is -2.33. The number of urea groups is 1. The van der Waals surface area contributed by atoms with Crippen LogP contribution in [0.2, 0.25) is 0 Å². The number of hydrogen-bond donors (Lipinski definition) is 3. The number of primary amides is 1. The summed E-state index contributed by atoms with van der Waals surface area (Å²) in [4.78, 5) is 25.2. The van der Waals surface area contributed by atoms with Crippen LogP contribution in [0.25, 0.3) is 0 Å². The van der Waals surface area contributed by atoms with E-state index in [2.05, 4.69) is 34.5 Å². The molecule has 1 aromatic heterocycles. The van der Waals surface area contributed by atoms with Crippen LogP contribution in [0.5, 0.6) is 0 Å². The minimum atomic E-state index is -0.533. The lowest BCUT2D eigenvalue weighted by atomic mass is 10.00. The van der Waals surface area contributed by atoms with E-state index < -0.39 is 11.4 Å². The third-order valence-electron chi connectivity index (χ3n) is 4.14. The number of amides is 3. The maximum absolute atomic E-state index is 11.6. The van der Waals surface area contributed by atoms with E-state index in [1.54, 1.807) is 10.7 Å². The number of hydrogen-bond acceptors (Lipinski definition) is 4. The number of rotatable bonds is 2. The second-order valence-electron chi connectivity index (χ2n) is 6.13. The van der Waals surface area contributed by atoms with Crippen molar-refractivity contribution in [2.45, 2.75) is 38.5 Å². The summed E-state index contributed by atoms with van der Waals surface area (Å²) in [5, 5.41) is 10.1. The fourth-order valence-electron chi connectivity index (χ4n) is 2.96. The Balaban J connectivity index is 1.99. The van der Waals surface area contributed by atoms with Crippen LogP contribution in [0.4, 0.5) is 4.79 Å². The monoisotopic (exact) mass is 292 g/mol. The highest BCUT2D eigenvalue weighted by Crippen LogP contribution is 2.23. The van der Waals surface area contributed by atoms with Gasteiger partial charge in [-0.05, 0) is 19.9 Å². The van der Waals surface area contributed by atoms with Crippen LogP contribution in [0.15, 0.2) is 6.07 Å².